The molecule has 5 nitrogen and oxygen atoms in total. The van der Waals surface area contributed by atoms with Gasteiger partial charge in [-0.25, -0.2) is 0 Å². The molecule has 0 radical (unpaired) electrons. The van der Waals surface area contributed by atoms with Crippen molar-refractivity contribution in [3.05, 3.63) is 29.8 Å². The summed E-state index contributed by atoms with van der Waals surface area (Å²) < 4.78 is 0. The van der Waals surface area contributed by atoms with Crippen LogP contribution in [0.15, 0.2) is 24.3 Å². The van der Waals surface area contributed by atoms with Gasteiger partial charge in [0.2, 0.25) is 5.91 Å². The highest BCUT2D eigenvalue weighted by atomic mass is 16.2. The van der Waals surface area contributed by atoms with Crippen LogP contribution in [0, 0.1) is 0 Å². The SMILES string of the molecule is CN(C)C(=O)c1ccc(NC(C)(C)C(N)=O)cc1. The molecule has 1 rings (SSSR count). The van der Waals surface area contributed by atoms with Crippen molar-refractivity contribution >= 4 is 17.5 Å². The number of nitrogens with zero attached hydrogens (tertiary/aromatic N) is 1. The number of nitrogens with two attached hydrogens (primary N) is 1. The molecule has 3 N–H and O–H groups in total. The Kier molecular flexibility index (Phi) is 3.96. The largest absolute Gasteiger partial charge is 0.372 e. The van der Waals surface area contributed by atoms with E-state index in [9.17, 15) is 9.59 Å². The van der Waals surface area contributed by atoms with E-state index in [1.165, 1.54) is 4.90 Å². The van der Waals surface area contributed by atoms with Gasteiger partial charge in [0.1, 0.15) is 5.54 Å². The Balaban J connectivity index is 2.84. The number of amides is 2. The van der Waals surface area contributed by atoms with E-state index in [1.54, 1.807) is 52.2 Å². The second-order valence-corrected chi connectivity index (χ2v) is 4.89. The average molecular weight is 249 g/mol. The number of primary amides is 1. The number of carbonyl (C=O) groups is 2. The molecule has 18 heavy (non-hydrogen) atoms. The monoisotopic (exact) mass is 249 g/mol. The smallest absolute Gasteiger partial charge is 0.253 e. The number of anilines is 1. The maximum atomic E-state index is 11.7. The molecule has 98 valence electrons. The summed E-state index contributed by atoms with van der Waals surface area (Å²) in [5.74, 6) is -0.494. The Morgan fingerprint density at radius 1 is 1.17 bits per heavy atom. The van der Waals surface area contributed by atoms with Crippen LogP contribution in [0.1, 0.15) is 24.2 Å². The zero-order valence-corrected chi connectivity index (χ0v) is 11.2. The highest BCUT2D eigenvalue weighted by Crippen LogP contribution is 2.16. The summed E-state index contributed by atoms with van der Waals surface area (Å²) >= 11 is 0. The number of rotatable bonds is 4. The fourth-order valence-corrected chi connectivity index (χ4v) is 1.38. The van der Waals surface area contributed by atoms with E-state index in [1.807, 2.05) is 0 Å². The number of benzene rings is 1. The zero-order valence-electron chi connectivity index (χ0n) is 11.2. The van der Waals surface area contributed by atoms with Crippen molar-refractivity contribution < 1.29 is 9.59 Å². The lowest BCUT2D eigenvalue weighted by Gasteiger charge is -2.23. The van der Waals surface area contributed by atoms with E-state index in [0.29, 0.717) is 5.56 Å². The number of hydrogen-bond acceptors (Lipinski definition) is 3. The Labute approximate surface area is 107 Å². The van der Waals surface area contributed by atoms with Gasteiger partial charge in [0, 0.05) is 25.3 Å². The fraction of sp³-hybridized carbons (Fsp3) is 0.385. The Morgan fingerprint density at radius 3 is 2.06 bits per heavy atom. The molecule has 2 amide bonds. The van der Waals surface area contributed by atoms with Gasteiger partial charge >= 0.3 is 0 Å². The summed E-state index contributed by atoms with van der Waals surface area (Å²) in [7, 11) is 3.40. The van der Waals surface area contributed by atoms with E-state index in [-0.39, 0.29) is 5.91 Å². The van der Waals surface area contributed by atoms with Crippen LogP contribution in [0.5, 0.6) is 0 Å². The average Bonchev–Trinajstić information content (AvgIpc) is 2.28. The van der Waals surface area contributed by atoms with Crippen LogP contribution in [0.4, 0.5) is 5.69 Å². The van der Waals surface area contributed by atoms with Gasteiger partial charge < -0.3 is 16.0 Å². The van der Waals surface area contributed by atoms with Crippen molar-refractivity contribution in [2.45, 2.75) is 19.4 Å². The van der Waals surface area contributed by atoms with Crippen molar-refractivity contribution in [3.63, 3.8) is 0 Å². The van der Waals surface area contributed by atoms with Crippen molar-refractivity contribution in [1.29, 1.82) is 0 Å². The molecular formula is C13H19N3O2. The lowest BCUT2D eigenvalue weighted by molar-refractivity contribution is -0.121. The molecule has 0 aromatic heterocycles. The Morgan fingerprint density at radius 2 is 1.67 bits per heavy atom. The first-order valence-corrected chi connectivity index (χ1v) is 5.64. The fourth-order valence-electron chi connectivity index (χ4n) is 1.38. The molecule has 0 saturated carbocycles. The highest BCUT2D eigenvalue weighted by molar-refractivity contribution is 5.94. The lowest BCUT2D eigenvalue weighted by Crippen LogP contribution is -2.45. The minimum atomic E-state index is -0.826. The number of nitrogens with one attached hydrogen (secondary N) is 1. The van der Waals surface area contributed by atoms with Crippen molar-refractivity contribution in [1.82, 2.24) is 4.90 Å². The second kappa shape index (κ2) is 5.08. The molecular weight excluding hydrogens is 230 g/mol. The summed E-state index contributed by atoms with van der Waals surface area (Å²) in [6.45, 7) is 3.41. The van der Waals surface area contributed by atoms with Crippen LogP contribution < -0.4 is 11.1 Å². The van der Waals surface area contributed by atoms with Gasteiger partial charge in [0.25, 0.3) is 5.91 Å². The third-order valence-corrected chi connectivity index (χ3v) is 2.61. The highest BCUT2D eigenvalue weighted by Gasteiger charge is 2.24. The molecule has 0 saturated heterocycles. The minimum absolute atomic E-state index is 0.0595. The van der Waals surface area contributed by atoms with Gasteiger partial charge in [-0.3, -0.25) is 9.59 Å². The zero-order chi connectivity index (χ0) is 13.9. The first-order valence-electron chi connectivity index (χ1n) is 5.64. The molecule has 0 aliphatic rings. The van der Waals surface area contributed by atoms with Gasteiger partial charge in [0.05, 0.1) is 0 Å². The molecule has 0 heterocycles. The molecule has 0 aliphatic carbocycles. The normalized spacial score (nSPS) is 10.9. The van der Waals surface area contributed by atoms with Crippen LogP contribution in [0.25, 0.3) is 0 Å². The number of carbonyl (C=O) groups excluding carboxylic acids is 2. The van der Waals surface area contributed by atoms with E-state index in [0.717, 1.165) is 5.69 Å². The summed E-state index contributed by atoms with van der Waals surface area (Å²) in [5.41, 5.74) is 5.79. The summed E-state index contributed by atoms with van der Waals surface area (Å²) in [6, 6.07) is 6.92. The molecule has 0 aliphatic heterocycles. The van der Waals surface area contributed by atoms with Gasteiger partial charge in [-0.15, -0.1) is 0 Å². The van der Waals surface area contributed by atoms with Crippen molar-refractivity contribution in [2.75, 3.05) is 19.4 Å². The molecule has 0 atom stereocenters. The van der Waals surface area contributed by atoms with Crippen LogP contribution in [-0.2, 0) is 4.79 Å². The van der Waals surface area contributed by atoms with Gasteiger partial charge in [0.15, 0.2) is 0 Å². The third-order valence-electron chi connectivity index (χ3n) is 2.61. The Hall–Kier alpha value is -2.04. The van der Waals surface area contributed by atoms with E-state index in [2.05, 4.69) is 5.32 Å². The standard InChI is InChI=1S/C13H19N3O2/c1-13(2,12(14)18)15-10-7-5-9(6-8-10)11(17)16(3)4/h5-8,15H,1-4H3,(H2,14,18). The summed E-state index contributed by atoms with van der Waals surface area (Å²) in [5, 5.41) is 3.01. The molecule has 0 spiro atoms. The maximum absolute atomic E-state index is 11.7. The van der Waals surface area contributed by atoms with Crippen molar-refractivity contribution in [2.24, 2.45) is 5.73 Å². The Bertz CT molecular complexity index is 450. The van der Waals surface area contributed by atoms with Gasteiger partial charge in [-0.2, -0.15) is 0 Å². The van der Waals surface area contributed by atoms with Crippen LogP contribution in [0.3, 0.4) is 0 Å². The predicted octanol–water partition coefficient (Wildman–Crippen LogP) is 1.06. The molecule has 0 fully saturated rings. The first kappa shape index (κ1) is 14.0. The predicted molar refractivity (Wildman–Crippen MR) is 71.4 cm³/mol. The van der Waals surface area contributed by atoms with E-state index in [4.69, 9.17) is 5.73 Å². The first-order chi connectivity index (χ1) is 8.24. The lowest BCUT2D eigenvalue weighted by atomic mass is 10.0. The minimum Gasteiger partial charge on any atom is -0.372 e. The van der Waals surface area contributed by atoms with E-state index >= 15 is 0 Å². The van der Waals surface area contributed by atoms with Crippen LogP contribution in [0.2, 0.25) is 0 Å². The molecule has 1 aromatic carbocycles. The summed E-state index contributed by atoms with van der Waals surface area (Å²) in [6.07, 6.45) is 0. The van der Waals surface area contributed by atoms with Crippen LogP contribution in [-0.4, -0.2) is 36.3 Å². The number of hydrogen-bond donors (Lipinski definition) is 2. The van der Waals surface area contributed by atoms with Gasteiger partial charge in [-0.05, 0) is 38.1 Å². The molecule has 1 aromatic rings. The molecule has 0 unspecified atom stereocenters. The quantitative estimate of drug-likeness (QED) is 0.838. The maximum Gasteiger partial charge on any atom is 0.253 e. The second-order valence-electron chi connectivity index (χ2n) is 4.89. The third kappa shape index (κ3) is 3.23. The van der Waals surface area contributed by atoms with E-state index < -0.39 is 11.4 Å². The van der Waals surface area contributed by atoms with Crippen LogP contribution >= 0.6 is 0 Å². The topological polar surface area (TPSA) is 75.4 Å². The molecule has 5 heteroatoms. The summed E-state index contributed by atoms with van der Waals surface area (Å²) in [4.78, 5) is 24.4. The van der Waals surface area contributed by atoms with Crippen molar-refractivity contribution in [3.8, 4) is 0 Å². The molecule has 0 bridgehead atoms. The van der Waals surface area contributed by atoms with Gasteiger partial charge in [-0.1, -0.05) is 0 Å².